The molecule has 0 radical (unpaired) electrons. The summed E-state index contributed by atoms with van der Waals surface area (Å²) in [6, 6.07) is 8.67. The van der Waals surface area contributed by atoms with E-state index in [1.54, 1.807) is 37.4 Å². The summed E-state index contributed by atoms with van der Waals surface area (Å²) in [5.41, 5.74) is -0.108. The molecule has 0 atom stereocenters. The molecule has 0 unspecified atom stereocenters. The molecule has 0 aliphatic rings. The van der Waals surface area contributed by atoms with E-state index in [-0.39, 0.29) is 36.1 Å². The van der Waals surface area contributed by atoms with Crippen LogP contribution in [0.2, 0.25) is 0 Å². The number of nitrogens with zero attached hydrogens (tertiary/aromatic N) is 1. The normalized spacial score (nSPS) is 10.4. The molecule has 2 aromatic rings. The minimum Gasteiger partial charge on any atom is -0.469 e. The Bertz CT molecular complexity index is 736. The van der Waals surface area contributed by atoms with E-state index in [1.165, 1.54) is 12.0 Å². The molecule has 1 aromatic carbocycles. The summed E-state index contributed by atoms with van der Waals surface area (Å²) in [6.45, 7) is 0.223. The Balaban J connectivity index is 2.23. The van der Waals surface area contributed by atoms with Gasteiger partial charge >= 0.3 is 5.97 Å². The molecule has 110 valence electrons. The molecule has 1 amide bonds. The Hall–Kier alpha value is -2.63. The molecule has 0 aliphatic carbocycles. The van der Waals surface area contributed by atoms with Crippen LogP contribution < -0.4 is 5.56 Å². The lowest BCUT2D eigenvalue weighted by atomic mass is 10.1. The highest BCUT2D eigenvalue weighted by Crippen LogP contribution is 2.11. The molecular weight excluding hydrogens is 272 g/mol. The third-order valence-electron chi connectivity index (χ3n) is 3.21. The number of fused-ring (bicyclic) bond motifs is 1. The number of H-pyrrole nitrogens is 1. The zero-order valence-corrected chi connectivity index (χ0v) is 11.9. The number of aromatic amines is 1. The number of amides is 1. The number of ether oxygens (including phenoxy) is 1. The summed E-state index contributed by atoms with van der Waals surface area (Å²) in [7, 11) is 2.86. The number of carbonyl (C=O) groups is 2. The van der Waals surface area contributed by atoms with Gasteiger partial charge in [0, 0.05) is 19.0 Å². The summed E-state index contributed by atoms with van der Waals surface area (Å²) in [5.74, 6) is -0.733. The van der Waals surface area contributed by atoms with Crippen LogP contribution >= 0.6 is 0 Å². The predicted octanol–water partition coefficient (Wildman–Crippen LogP) is 1.16. The maximum atomic E-state index is 12.2. The molecule has 1 heterocycles. The van der Waals surface area contributed by atoms with Gasteiger partial charge in [-0.05, 0) is 17.5 Å². The van der Waals surface area contributed by atoms with Crippen LogP contribution in [0, 0.1) is 0 Å². The van der Waals surface area contributed by atoms with Crippen molar-refractivity contribution in [2.45, 2.75) is 6.42 Å². The number of pyridine rings is 1. The lowest BCUT2D eigenvalue weighted by molar-refractivity contribution is -0.140. The van der Waals surface area contributed by atoms with Crippen LogP contribution in [0.25, 0.3) is 10.8 Å². The Labute approximate surface area is 121 Å². The fourth-order valence-corrected chi connectivity index (χ4v) is 1.99. The van der Waals surface area contributed by atoms with Crippen LogP contribution in [0.15, 0.2) is 35.1 Å². The van der Waals surface area contributed by atoms with Gasteiger partial charge in [-0.1, -0.05) is 18.2 Å². The molecule has 1 N–H and O–H groups in total. The van der Waals surface area contributed by atoms with Gasteiger partial charge in [0.25, 0.3) is 11.5 Å². The number of nitrogens with one attached hydrogen (secondary N) is 1. The molecule has 1 aromatic heterocycles. The fourth-order valence-electron chi connectivity index (χ4n) is 1.99. The SMILES string of the molecule is COC(=O)CCN(C)C(=O)c1cc2ccccc2c(=O)[nH]1. The van der Waals surface area contributed by atoms with Crippen molar-refractivity contribution in [1.82, 2.24) is 9.88 Å². The van der Waals surface area contributed by atoms with E-state index in [0.29, 0.717) is 10.8 Å². The third kappa shape index (κ3) is 3.28. The van der Waals surface area contributed by atoms with Crippen LogP contribution in [-0.2, 0) is 9.53 Å². The molecular formula is C15H16N2O4. The van der Waals surface area contributed by atoms with E-state index in [0.717, 1.165) is 0 Å². The summed E-state index contributed by atoms with van der Waals surface area (Å²) in [6.07, 6.45) is 0.108. The molecule has 21 heavy (non-hydrogen) atoms. The lowest BCUT2D eigenvalue weighted by Gasteiger charge is -2.16. The summed E-state index contributed by atoms with van der Waals surface area (Å²) in [4.78, 5) is 39.2. The highest BCUT2D eigenvalue weighted by atomic mass is 16.5. The number of rotatable bonds is 4. The monoisotopic (exact) mass is 288 g/mol. The van der Waals surface area contributed by atoms with Crippen molar-refractivity contribution < 1.29 is 14.3 Å². The van der Waals surface area contributed by atoms with E-state index in [9.17, 15) is 14.4 Å². The van der Waals surface area contributed by atoms with Crippen molar-refractivity contribution in [1.29, 1.82) is 0 Å². The molecule has 6 nitrogen and oxygen atoms in total. The van der Waals surface area contributed by atoms with Crippen molar-refractivity contribution in [3.63, 3.8) is 0 Å². The summed E-state index contributed by atoms with van der Waals surface area (Å²) >= 11 is 0. The van der Waals surface area contributed by atoms with Crippen LogP contribution in [0.5, 0.6) is 0 Å². The highest BCUT2D eigenvalue weighted by Gasteiger charge is 2.15. The van der Waals surface area contributed by atoms with Gasteiger partial charge in [-0.2, -0.15) is 0 Å². The predicted molar refractivity (Wildman–Crippen MR) is 78.2 cm³/mol. The maximum Gasteiger partial charge on any atom is 0.307 e. The maximum absolute atomic E-state index is 12.2. The van der Waals surface area contributed by atoms with Gasteiger partial charge in [0.15, 0.2) is 0 Å². The Morgan fingerprint density at radius 1 is 1.29 bits per heavy atom. The van der Waals surface area contributed by atoms with Gasteiger partial charge in [-0.25, -0.2) is 0 Å². The van der Waals surface area contributed by atoms with E-state index < -0.39 is 0 Å². The number of aromatic nitrogens is 1. The zero-order chi connectivity index (χ0) is 15.4. The van der Waals surface area contributed by atoms with Crippen molar-refractivity contribution in [3.05, 3.63) is 46.4 Å². The van der Waals surface area contributed by atoms with Crippen LogP contribution in [0.1, 0.15) is 16.9 Å². The second kappa shape index (κ2) is 6.21. The summed E-state index contributed by atoms with van der Waals surface area (Å²) < 4.78 is 4.53. The molecule has 0 spiro atoms. The van der Waals surface area contributed by atoms with Crippen molar-refractivity contribution in [2.24, 2.45) is 0 Å². The third-order valence-corrected chi connectivity index (χ3v) is 3.21. The van der Waals surface area contributed by atoms with E-state index in [1.807, 2.05) is 0 Å². The molecule has 0 aliphatic heterocycles. The number of carbonyl (C=O) groups excluding carboxylic acids is 2. The number of methoxy groups -OCH3 is 1. The molecule has 0 bridgehead atoms. The van der Waals surface area contributed by atoms with Crippen molar-refractivity contribution in [2.75, 3.05) is 20.7 Å². The van der Waals surface area contributed by atoms with E-state index in [2.05, 4.69) is 9.72 Å². The van der Waals surface area contributed by atoms with Crippen molar-refractivity contribution >= 4 is 22.6 Å². The van der Waals surface area contributed by atoms with Gasteiger partial charge in [-0.3, -0.25) is 14.4 Å². The van der Waals surface area contributed by atoms with Gasteiger partial charge in [-0.15, -0.1) is 0 Å². The van der Waals surface area contributed by atoms with Gasteiger partial charge in [0.2, 0.25) is 0 Å². The van der Waals surface area contributed by atoms with Crippen LogP contribution in [0.4, 0.5) is 0 Å². The Morgan fingerprint density at radius 3 is 2.71 bits per heavy atom. The largest absolute Gasteiger partial charge is 0.469 e. The number of esters is 1. The van der Waals surface area contributed by atoms with Gasteiger partial charge < -0.3 is 14.6 Å². The minimum absolute atomic E-state index is 0.108. The first kappa shape index (κ1) is 14.8. The Morgan fingerprint density at radius 2 is 2.00 bits per heavy atom. The quantitative estimate of drug-likeness (QED) is 0.856. The molecule has 6 heteroatoms. The lowest BCUT2D eigenvalue weighted by Crippen LogP contribution is -2.31. The molecule has 2 rings (SSSR count). The standard InChI is InChI=1S/C15H16N2O4/c1-17(8-7-13(18)21-2)15(20)12-9-10-5-3-4-6-11(10)14(19)16-12/h3-6,9H,7-8H2,1-2H3,(H,16,19). The van der Waals surface area contributed by atoms with Crippen molar-refractivity contribution in [3.8, 4) is 0 Å². The minimum atomic E-state index is -0.387. The first-order valence-corrected chi connectivity index (χ1v) is 6.47. The molecule has 0 saturated heterocycles. The number of benzene rings is 1. The summed E-state index contributed by atoms with van der Waals surface area (Å²) in [5, 5.41) is 1.23. The molecule has 0 fully saturated rings. The van der Waals surface area contributed by atoms with E-state index in [4.69, 9.17) is 0 Å². The van der Waals surface area contributed by atoms with E-state index >= 15 is 0 Å². The average Bonchev–Trinajstić information content (AvgIpc) is 2.51. The first-order valence-electron chi connectivity index (χ1n) is 6.47. The molecule has 0 saturated carbocycles. The van der Waals surface area contributed by atoms with Gasteiger partial charge in [0.05, 0.1) is 13.5 Å². The average molecular weight is 288 g/mol. The zero-order valence-electron chi connectivity index (χ0n) is 11.9. The fraction of sp³-hybridized carbons (Fsp3) is 0.267. The topological polar surface area (TPSA) is 79.5 Å². The smallest absolute Gasteiger partial charge is 0.307 e. The Kier molecular flexibility index (Phi) is 4.37. The van der Waals surface area contributed by atoms with Crippen LogP contribution in [-0.4, -0.2) is 42.5 Å². The van der Waals surface area contributed by atoms with Crippen LogP contribution in [0.3, 0.4) is 0 Å². The number of hydrogen-bond acceptors (Lipinski definition) is 4. The highest BCUT2D eigenvalue weighted by molar-refractivity contribution is 5.96. The second-order valence-corrected chi connectivity index (χ2v) is 4.65. The number of hydrogen-bond donors (Lipinski definition) is 1. The second-order valence-electron chi connectivity index (χ2n) is 4.65. The first-order chi connectivity index (χ1) is 10.0. The van der Waals surface area contributed by atoms with Gasteiger partial charge in [0.1, 0.15) is 5.69 Å².